The van der Waals surface area contributed by atoms with Crippen LogP contribution in [-0.2, 0) is 20.7 Å². The molecule has 1 aliphatic rings. The van der Waals surface area contributed by atoms with Crippen LogP contribution in [0.25, 0.3) is 0 Å². The van der Waals surface area contributed by atoms with Crippen molar-refractivity contribution in [3.05, 3.63) is 35.4 Å². The molecule has 1 heterocycles. The number of nitrogens with one attached hydrogen (secondary N) is 2. The van der Waals surface area contributed by atoms with Crippen molar-refractivity contribution in [3.63, 3.8) is 0 Å². The van der Waals surface area contributed by atoms with E-state index in [1.54, 1.807) is 20.8 Å². The van der Waals surface area contributed by atoms with Crippen LogP contribution in [-0.4, -0.2) is 54.1 Å². The molecule has 2 N–H and O–H groups in total. The molecular weight excluding hydrogens is 358 g/mol. The number of benzene rings is 1. The van der Waals surface area contributed by atoms with Gasteiger partial charge in [-0.2, -0.15) is 0 Å². The van der Waals surface area contributed by atoms with Gasteiger partial charge in [-0.15, -0.1) is 0 Å². The van der Waals surface area contributed by atoms with Crippen LogP contribution in [0.15, 0.2) is 24.3 Å². The van der Waals surface area contributed by atoms with Crippen LogP contribution in [0.1, 0.15) is 44.7 Å². The molecule has 0 radical (unpaired) electrons. The standard InChI is InChI=1S/C21H31N3O4/c1-15-6-5-7-16(12-15)13-19(26)24-10-8-17(9-11-24)23-18(25)14-22-20(27)28-21(2,3)4/h5-7,12,17H,8-11,13-14H2,1-4H3,(H,22,27)(H,23,25). The summed E-state index contributed by atoms with van der Waals surface area (Å²) in [4.78, 5) is 37.9. The minimum Gasteiger partial charge on any atom is -0.444 e. The third-order valence-corrected chi connectivity index (χ3v) is 4.44. The predicted octanol–water partition coefficient (Wildman–Crippen LogP) is 2.17. The second-order valence-corrected chi connectivity index (χ2v) is 8.24. The number of ether oxygens (including phenoxy) is 1. The number of hydrogen-bond donors (Lipinski definition) is 2. The molecule has 1 aliphatic heterocycles. The van der Waals surface area contributed by atoms with E-state index in [-0.39, 0.29) is 24.4 Å². The van der Waals surface area contributed by atoms with Crippen LogP contribution in [0, 0.1) is 6.92 Å². The van der Waals surface area contributed by atoms with Crippen LogP contribution in [0.3, 0.4) is 0 Å². The summed E-state index contributed by atoms with van der Waals surface area (Å²) >= 11 is 0. The zero-order valence-corrected chi connectivity index (χ0v) is 17.2. The molecule has 1 aromatic carbocycles. The molecule has 1 aromatic rings. The molecule has 0 aromatic heterocycles. The van der Waals surface area contributed by atoms with Gasteiger partial charge in [-0.1, -0.05) is 29.8 Å². The highest BCUT2D eigenvalue weighted by atomic mass is 16.6. The van der Waals surface area contributed by atoms with Crippen LogP contribution < -0.4 is 10.6 Å². The summed E-state index contributed by atoms with van der Waals surface area (Å²) in [5.74, 6) is -0.141. The molecule has 0 unspecified atom stereocenters. The quantitative estimate of drug-likeness (QED) is 0.808. The number of rotatable bonds is 5. The summed E-state index contributed by atoms with van der Waals surface area (Å²) in [5, 5.41) is 5.36. The largest absolute Gasteiger partial charge is 0.444 e. The molecule has 7 nitrogen and oxygen atoms in total. The Hall–Kier alpha value is -2.57. The first-order valence-electron chi connectivity index (χ1n) is 9.72. The second kappa shape index (κ2) is 9.57. The van der Waals surface area contributed by atoms with Gasteiger partial charge in [0.05, 0.1) is 6.42 Å². The van der Waals surface area contributed by atoms with E-state index in [0.29, 0.717) is 32.4 Å². The van der Waals surface area contributed by atoms with E-state index in [1.807, 2.05) is 36.1 Å². The first-order valence-corrected chi connectivity index (χ1v) is 9.72. The smallest absolute Gasteiger partial charge is 0.408 e. The molecule has 7 heteroatoms. The fourth-order valence-electron chi connectivity index (χ4n) is 3.13. The zero-order valence-electron chi connectivity index (χ0n) is 17.2. The molecular formula is C21H31N3O4. The lowest BCUT2D eigenvalue weighted by Crippen LogP contribution is -2.49. The maximum absolute atomic E-state index is 12.5. The van der Waals surface area contributed by atoms with Gasteiger partial charge in [0.1, 0.15) is 12.1 Å². The number of carbonyl (C=O) groups excluding carboxylic acids is 3. The molecule has 154 valence electrons. The Balaban J connectivity index is 1.69. The summed E-state index contributed by atoms with van der Waals surface area (Å²) in [6, 6.07) is 7.99. The fraction of sp³-hybridized carbons (Fsp3) is 0.571. The molecule has 3 amide bonds. The lowest BCUT2D eigenvalue weighted by atomic mass is 10.0. The van der Waals surface area contributed by atoms with Crippen molar-refractivity contribution in [2.24, 2.45) is 0 Å². The van der Waals surface area contributed by atoms with E-state index < -0.39 is 11.7 Å². The summed E-state index contributed by atoms with van der Waals surface area (Å²) in [7, 11) is 0. The van der Waals surface area contributed by atoms with Gasteiger partial charge in [0.2, 0.25) is 11.8 Å². The highest BCUT2D eigenvalue weighted by Crippen LogP contribution is 2.13. The van der Waals surface area contributed by atoms with Gasteiger partial charge in [-0.3, -0.25) is 9.59 Å². The van der Waals surface area contributed by atoms with Gasteiger partial charge in [0, 0.05) is 19.1 Å². The van der Waals surface area contributed by atoms with E-state index >= 15 is 0 Å². The van der Waals surface area contributed by atoms with E-state index in [0.717, 1.165) is 11.1 Å². The molecule has 0 aliphatic carbocycles. The maximum Gasteiger partial charge on any atom is 0.408 e. The average molecular weight is 389 g/mol. The van der Waals surface area contributed by atoms with E-state index in [2.05, 4.69) is 10.6 Å². The highest BCUT2D eigenvalue weighted by Gasteiger charge is 2.24. The maximum atomic E-state index is 12.5. The molecule has 0 saturated carbocycles. The summed E-state index contributed by atoms with van der Waals surface area (Å²) in [6.45, 7) is 8.42. The number of amides is 3. The Bertz CT molecular complexity index is 704. The second-order valence-electron chi connectivity index (χ2n) is 8.24. The predicted molar refractivity (Wildman–Crippen MR) is 107 cm³/mol. The SMILES string of the molecule is Cc1cccc(CC(=O)N2CCC(NC(=O)CNC(=O)OC(C)(C)C)CC2)c1. The van der Waals surface area contributed by atoms with Crippen molar-refractivity contribution in [3.8, 4) is 0 Å². The van der Waals surface area contributed by atoms with Crippen molar-refractivity contribution in [2.45, 2.75) is 58.6 Å². The number of carbonyl (C=O) groups is 3. The summed E-state index contributed by atoms with van der Waals surface area (Å²) in [5.41, 5.74) is 1.57. The third kappa shape index (κ3) is 7.58. The Labute approximate surface area is 166 Å². The minimum atomic E-state index is -0.612. The van der Waals surface area contributed by atoms with Crippen molar-refractivity contribution < 1.29 is 19.1 Å². The van der Waals surface area contributed by atoms with Gasteiger partial charge in [-0.25, -0.2) is 4.79 Å². The fourth-order valence-corrected chi connectivity index (χ4v) is 3.13. The number of aryl methyl sites for hydroxylation is 1. The van der Waals surface area contributed by atoms with Crippen LogP contribution >= 0.6 is 0 Å². The van der Waals surface area contributed by atoms with Gasteiger partial charge in [-0.05, 0) is 46.1 Å². The van der Waals surface area contributed by atoms with Gasteiger partial charge in [0.25, 0.3) is 0 Å². The van der Waals surface area contributed by atoms with Gasteiger partial charge in [0.15, 0.2) is 0 Å². The van der Waals surface area contributed by atoms with Crippen LogP contribution in [0.4, 0.5) is 4.79 Å². The Morgan fingerprint density at radius 2 is 1.86 bits per heavy atom. The number of piperidine rings is 1. The molecule has 28 heavy (non-hydrogen) atoms. The molecule has 0 atom stereocenters. The highest BCUT2D eigenvalue weighted by molar-refractivity contribution is 5.82. The number of hydrogen-bond acceptors (Lipinski definition) is 4. The Kier molecular flexibility index (Phi) is 7.43. The average Bonchev–Trinajstić information content (AvgIpc) is 2.59. The van der Waals surface area contributed by atoms with Crippen LogP contribution in [0.5, 0.6) is 0 Å². The van der Waals surface area contributed by atoms with E-state index in [4.69, 9.17) is 4.74 Å². The molecule has 0 bridgehead atoms. The number of likely N-dealkylation sites (tertiary alicyclic amines) is 1. The van der Waals surface area contributed by atoms with Crippen molar-refractivity contribution in [1.29, 1.82) is 0 Å². The Morgan fingerprint density at radius 1 is 1.18 bits per heavy atom. The topological polar surface area (TPSA) is 87.7 Å². The molecule has 0 spiro atoms. The summed E-state index contributed by atoms with van der Waals surface area (Å²) in [6.07, 6.45) is 1.20. The first kappa shape index (κ1) is 21.7. The first-order chi connectivity index (χ1) is 13.1. The molecule has 1 saturated heterocycles. The van der Waals surface area contributed by atoms with E-state index in [1.165, 1.54) is 0 Å². The summed E-state index contributed by atoms with van der Waals surface area (Å²) < 4.78 is 5.10. The monoisotopic (exact) mass is 389 g/mol. The number of alkyl carbamates (subject to hydrolysis) is 1. The van der Waals surface area contributed by atoms with Gasteiger partial charge >= 0.3 is 6.09 Å². The van der Waals surface area contributed by atoms with Crippen molar-refractivity contribution >= 4 is 17.9 Å². The molecule has 2 rings (SSSR count). The van der Waals surface area contributed by atoms with Crippen LogP contribution in [0.2, 0.25) is 0 Å². The molecule has 1 fully saturated rings. The third-order valence-electron chi connectivity index (χ3n) is 4.44. The number of nitrogens with zero attached hydrogens (tertiary/aromatic N) is 1. The normalized spacial score (nSPS) is 15.1. The zero-order chi connectivity index (χ0) is 20.7. The van der Waals surface area contributed by atoms with E-state index in [9.17, 15) is 14.4 Å². The lowest BCUT2D eigenvalue weighted by molar-refractivity contribution is -0.131. The lowest BCUT2D eigenvalue weighted by Gasteiger charge is -2.32. The van der Waals surface area contributed by atoms with Gasteiger partial charge < -0.3 is 20.3 Å². The minimum absolute atomic E-state index is 0.0101. The van der Waals surface area contributed by atoms with Crippen molar-refractivity contribution in [1.82, 2.24) is 15.5 Å². The van der Waals surface area contributed by atoms with Crippen molar-refractivity contribution in [2.75, 3.05) is 19.6 Å². The Morgan fingerprint density at radius 3 is 2.46 bits per heavy atom.